The van der Waals surface area contributed by atoms with Crippen molar-refractivity contribution in [3.8, 4) is 0 Å². The molecule has 1 aromatic rings. The van der Waals surface area contributed by atoms with Crippen molar-refractivity contribution in [3.63, 3.8) is 0 Å². The molecule has 0 heterocycles. The van der Waals surface area contributed by atoms with Gasteiger partial charge in [0.1, 0.15) is 0 Å². The average molecular weight is 268 g/mol. The Balaban J connectivity index is 2.58. The number of ether oxygens (including phenoxy) is 1. The highest BCUT2D eigenvalue weighted by molar-refractivity contribution is 6.31. The second-order valence-electron chi connectivity index (χ2n) is 4.21. The maximum atomic E-state index is 11.6. The van der Waals surface area contributed by atoms with E-state index < -0.39 is 0 Å². The number of carbonyl (C=O) groups is 1. The smallest absolute Gasteiger partial charge is 0.244 e. The highest BCUT2D eigenvalue weighted by Crippen LogP contribution is 2.17. The Morgan fingerprint density at radius 2 is 2.28 bits per heavy atom. The van der Waals surface area contributed by atoms with Gasteiger partial charge in [-0.3, -0.25) is 4.79 Å². The zero-order valence-electron chi connectivity index (χ0n) is 10.9. The molecule has 1 N–H and O–H groups in total. The molecule has 1 atom stereocenters. The van der Waals surface area contributed by atoms with E-state index in [9.17, 15) is 4.79 Å². The Labute approximate surface area is 113 Å². The quantitative estimate of drug-likeness (QED) is 0.833. The van der Waals surface area contributed by atoms with Crippen LogP contribution >= 0.6 is 11.6 Å². The Morgan fingerprint density at radius 1 is 1.56 bits per heavy atom. The number of nitrogens with one attached hydrogen (secondary N) is 1. The van der Waals surface area contributed by atoms with Gasteiger partial charge >= 0.3 is 0 Å². The van der Waals surface area contributed by atoms with Crippen LogP contribution < -0.4 is 5.32 Å². The molecule has 98 valence electrons. The number of hydrogen-bond acceptors (Lipinski definition) is 2. The molecule has 0 aliphatic carbocycles. The molecule has 0 saturated carbocycles. The standard InChI is InChI=1S/C14H18ClNO2/c1-10-4-5-12(8-13(10)15)6-7-14(17)16-11(2)9-18-3/h4-8,11H,9H2,1-3H3,(H,16,17)/b7-6+. The lowest BCUT2D eigenvalue weighted by molar-refractivity contribution is -0.117. The molecule has 0 aliphatic rings. The minimum atomic E-state index is -0.142. The molecule has 1 amide bonds. The lowest BCUT2D eigenvalue weighted by Gasteiger charge is -2.10. The number of amides is 1. The van der Waals surface area contributed by atoms with Crippen molar-refractivity contribution in [1.29, 1.82) is 0 Å². The van der Waals surface area contributed by atoms with Gasteiger partial charge in [0.25, 0.3) is 0 Å². The fourth-order valence-electron chi connectivity index (χ4n) is 1.47. The molecule has 4 heteroatoms. The molecule has 1 aromatic carbocycles. The van der Waals surface area contributed by atoms with Gasteiger partial charge in [-0.2, -0.15) is 0 Å². The SMILES string of the molecule is COCC(C)NC(=O)/C=C/c1ccc(C)c(Cl)c1. The van der Waals surface area contributed by atoms with Crippen LogP contribution in [0.3, 0.4) is 0 Å². The van der Waals surface area contributed by atoms with Crippen LogP contribution in [0.4, 0.5) is 0 Å². The van der Waals surface area contributed by atoms with Gasteiger partial charge in [0.15, 0.2) is 0 Å². The third kappa shape index (κ3) is 4.90. The van der Waals surface area contributed by atoms with Gasteiger partial charge in [-0.15, -0.1) is 0 Å². The predicted molar refractivity (Wildman–Crippen MR) is 74.7 cm³/mol. The number of methoxy groups -OCH3 is 1. The zero-order chi connectivity index (χ0) is 13.5. The van der Waals surface area contributed by atoms with Crippen molar-refractivity contribution >= 4 is 23.6 Å². The summed E-state index contributed by atoms with van der Waals surface area (Å²) in [5.74, 6) is -0.142. The minimum absolute atomic E-state index is 0.00578. The fraction of sp³-hybridized carbons (Fsp3) is 0.357. The Bertz CT molecular complexity index is 443. The van der Waals surface area contributed by atoms with Gasteiger partial charge < -0.3 is 10.1 Å². The monoisotopic (exact) mass is 267 g/mol. The summed E-state index contributed by atoms with van der Waals surface area (Å²) in [6, 6.07) is 5.67. The van der Waals surface area contributed by atoms with Crippen molar-refractivity contribution in [2.75, 3.05) is 13.7 Å². The first-order valence-electron chi connectivity index (χ1n) is 5.76. The van der Waals surface area contributed by atoms with Crippen LogP contribution in [-0.2, 0) is 9.53 Å². The van der Waals surface area contributed by atoms with E-state index >= 15 is 0 Å². The summed E-state index contributed by atoms with van der Waals surface area (Å²) in [6.45, 7) is 4.32. The van der Waals surface area contributed by atoms with Gasteiger partial charge in [0.05, 0.1) is 6.61 Å². The van der Waals surface area contributed by atoms with E-state index in [2.05, 4.69) is 5.32 Å². The van der Waals surface area contributed by atoms with E-state index in [0.717, 1.165) is 11.1 Å². The third-order valence-corrected chi connectivity index (χ3v) is 2.84. The first kappa shape index (κ1) is 14.7. The highest BCUT2D eigenvalue weighted by atomic mass is 35.5. The lowest BCUT2D eigenvalue weighted by atomic mass is 10.1. The molecule has 0 radical (unpaired) electrons. The summed E-state index contributed by atoms with van der Waals surface area (Å²) < 4.78 is 4.94. The molecule has 0 aliphatic heterocycles. The summed E-state index contributed by atoms with van der Waals surface area (Å²) in [6.07, 6.45) is 3.23. The molecule has 3 nitrogen and oxygen atoms in total. The molecule has 0 aromatic heterocycles. The predicted octanol–water partition coefficient (Wildman–Crippen LogP) is 2.81. The van der Waals surface area contributed by atoms with Gasteiger partial charge in [0, 0.05) is 24.3 Å². The highest BCUT2D eigenvalue weighted by Gasteiger charge is 2.03. The number of aryl methyl sites for hydroxylation is 1. The van der Waals surface area contributed by atoms with E-state index in [-0.39, 0.29) is 11.9 Å². The molecule has 0 bridgehead atoms. The molecule has 1 rings (SSSR count). The summed E-state index contributed by atoms with van der Waals surface area (Å²) >= 11 is 6.00. The Kier molecular flexibility index (Phi) is 5.89. The van der Waals surface area contributed by atoms with E-state index in [1.54, 1.807) is 13.2 Å². The summed E-state index contributed by atoms with van der Waals surface area (Å²) in [5.41, 5.74) is 1.92. The third-order valence-electron chi connectivity index (χ3n) is 2.43. The number of halogens is 1. The van der Waals surface area contributed by atoms with Gasteiger partial charge in [0.2, 0.25) is 5.91 Å². The van der Waals surface area contributed by atoms with Crippen LogP contribution in [0.5, 0.6) is 0 Å². The Morgan fingerprint density at radius 3 is 2.89 bits per heavy atom. The molecular weight excluding hydrogens is 250 g/mol. The van der Waals surface area contributed by atoms with Gasteiger partial charge in [-0.05, 0) is 37.1 Å². The van der Waals surface area contributed by atoms with Crippen LogP contribution in [0.2, 0.25) is 5.02 Å². The summed E-state index contributed by atoms with van der Waals surface area (Å²) in [5, 5.41) is 3.49. The number of rotatable bonds is 5. The second-order valence-corrected chi connectivity index (χ2v) is 4.61. The number of carbonyl (C=O) groups excluding carboxylic acids is 1. The molecule has 0 fully saturated rings. The zero-order valence-corrected chi connectivity index (χ0v) is 11.6. The molecule has 0 saturated heterocycles. The van der Waals surface area contributed by atoms with E-state index in [1.165, 1.54) is 6.08 Å². The van der Waals surface area contributed by atoms with E-state index in [4.69, 9.17) is 16.3 Å². The summed E-state index contributed by atoms with van der Waals surface area (Å²) in [7, 11) is 1.60. The van der Waals surface area contributed by atoms with Gasteiger partial charge in [-0.25, -0.2) is 0 Å². The fourth-order valence-corrected chi connectivity index (χ4v) is 1.66. The van der Waals surface area contributed by atoms with Crippen LogP contribution in [0.25, 0.3) is 6.08 Å². The first-order valence-corrected chi connectivity index (χ1v) is 6.14. The van der Waals surface area contributed by atoms with Crippen molar-refractivity contribution in [1.82, 2.24) is 5.32 Å². The second kappa shape index (κ2) is 7.19. The van der Waals surface area contributed by atoms with Crippen molar-refractivity contribution in [3.05, 3.63) is 40.4 Å². The first-order chi connectivity index (χ1) is 8.52. The largest absolute Gasteiger partial charge is 0.383 e. The van der Waals surface area contributed by atoms with Crippen LogP contribution in [0.1, 0.15) is 18.1 Å². The molecule has 1 unspecified atom stereocenters. The Hall–Kier alpha value is -1.32. The normalized spacial score (nSPS) is 12.7. The molecule has 0 spiro atoms. The maximum absolute atomic E-state index is 11.6. The van der Waals surface area contributed by atoms with Crippen LogP contribution in [0.15, 0.2) is 24.3 Å². The topological polar surface area (TPSA) is 38.3 Å². The summed E-state index contributed by atoms with van der Waals surface area (Å²) in [4.78, 5) is 11.6. The molecular formula is C14H18ClNO2. The number of hydrogen-bond donors (Lipinski definition) is 1. The average Bonchev–Trinajstić information content (AvgIpc) is 2.31. The van der Waals surface area contributed by atoms with E-state index in [0.29, 0.717) is 11.6 Å². The number of benzene rings is 1. The van der Waals surface area contributed by atoms with Crippen molar-refractivity contribution in [2.24, 2.45) is 0 Å². The van der Waals surface area contributed by atoms with Crippen LogP contribution in [-0.4, -0.2) is 25.7 Å². The van der Waals surface area contributed by atoms with Gasteiger partial charge in [-0.1, -0.05) is 23.7 Å². The van der Waals surface area contributed by atoms with E-state index in [1.807, 2.05) is 32.0 Å². The lowest BCUT2D eigenvalue weighted by Crippen LogP contribution is -2.34. The van der Waals surface area contributed by atoms with Crippen molar-refractivity contribution < 1.29 is 9.53 Å². The maximum Gasteiger partial charge on any atom is 0.244 e. The van der Waals surface area contributed by atoms with Crippen molar-refractivity contribution in [2.45, 2.75) is 19.9 Å². The minimum Gasteiger partial charge on any atom is -0.383 e. The van der Waals surface area contributed by atoms with Crippen LogP contribution in [0, 0.1) is 6.92 Å². The molecule has 18 heavy (non-hydrogen) atoms.